The highest BCUT2D eigenvalue weighted by atomic mass is 35.5. The summed E-state index contributed by atoms with van der Waals surface area (Å²) < 4.78 is 11.7. The molecule has 0 spiro atoms. The first kappa shape index (κ1) is 25.5. The van der Waals surface area contributed by atoms with Gasteiger partial charge in [0.2, 0.25) is 0 Å². The van der Waals surface area contributed by atoms with E-state index in [4.69, 9.17) is 44.3 Å². The summed E-state index contributed by atoms with van der Waals surface area (Å²) >= 11 is 19.3. The highest BCUT2D eigenvalue weighted by Crippen LogP contribution is 2.37. The van der Waals surface area contributed by atoms with Crippen molar-refractivity contribution in [1.29, 1.82) is 0 Å². The van der Waals surface area contributed by atoms with Gasteiger partial charge >= 0.3 is 0 Å². The fourth-order valence-electron chi connectivity index (χ4n) is 3.42. The van der Waals surface area contributed by atoms with Gasteiger partial charge < -0.3 is 9.47 Å². The second-order valence-electron chi connectivity index (χ2n) is 7.53. The molecule has 2 amide bonds. The Kier molecular flexibility index (Phi) is 8.29. The summed E-state index contributed by atoms with van der Waals surface area (Å²) in [7, 11) is 0. The number of ether oxygens (including phenoxy) is 2. The Morgan fingerprint density at radius 3 is 2.37 bits per heavy atom. The smallest absolute Gasteiger partial charge is 0.293 e. The molecule has 9 heteroatoms. The molecule has 0 unspecified atom stereocenters. The van der Waals surface area contributed by atoms with Crippen LogP contribution in [0, 0.1) is 0 Å². The van der Waals surface area contributed by atoms with E-state index in [-0.39, 0.29) is 11.8 Å². The van der Waals surface area contributed by atoms with Gasteiger partial charge in [0.15, 0.2) is 11.5 Å². The zero-order valence-electron chi connectivity index (χ0n) is 18.6. The average molecular weight is 549 g/mol. The predicted molar refractivity (Wildman–Crippen MR) is 141 cm³/mol. The van der Waals surface area contributed by atoms with E-state index in [0.717, 1.165) is 22.2 Å². The van der Waals surface area contributed by atoms with E-state index >= 15 is 0 Å². The van der Waals surface area contributed by atoms with Gasteiger partial charge in [0.25, 0.3) is 11.1 Å². The Balaban J connectivity index is 1.53. The van der Waals surface area contributed by atoms with E-state index in [0.29, 0.717) is 55.8 Å². The molecule has 1 saturated heterocycles. The Labute approximate surface area is 222 Å². The van der Waals surface area contributed by atoms with E-state index < -0.39 is 5.91 Å². The second-order valence-corrected chi connectivity index (χ2v) is 9.77. The van der Waals surface area contributed by atoms with Crippen LogP contribution < -0.4 is 9.47 Å². The van der Waals surface area contributed by atoms with Gasteiger partial charge in [-0.1, -0.05) is 59.1 Å². The van der Waals surface area contributed by atoms with Crippen molar-refractivity contribution in [3.8, 4) is 11.5 Å². The summed E-state index contributed by atoms with van der Waals surface area (Å²) in [5.74, 6) is 0.686. The van der Waals surface area contributed by atoms with Gasteiger partial charge in [0.05, 0.1) is 18.1 Å². The van der Waals surface area contributed by atoms with Crippen molar-refractivity contribution in [2.45, 2.75) is 20.1 Å². The van der Waals surface area contributed by atoms with Crippen molar-refractivity contribution in [3.05, 3.63) is 97.3 Å². The maximum atomic E-state index is 13.0. The highest BCUT2D eigenvalue weighted by Gasteiger charge is 2.35. The first-order valence-electron chi connectivity index (χ1n) is 10.7. The van der Waals surface area contributed by atoms with Crippen LogP contribution in [0.4, 0.5) is 4.79 Å². The minimum absolute atomic E-state index is 0.000982. The number of benzene rings is 3. The highest BCUT2D eigenvalue weighted by molar-refractivity contribution is 8.18. The molecule has 1 fully saturated rings. The van der Waals surface area contributed by atoms with E-state index in [1.807, 2.05) is 25.1 Å². The lowest BCUT2D eigenvalue weighted by Gasteiger charge is -2.15. The number of rotatable bonds is 8. The van der Waals surface area contributed by atoms with Gasteiger partial charge in [-0.2, -0.15) is 0 Å². The molecule has 1 aliphatic heterocycles. The Morgan fingerprint density at radius 2 is 1.66 bits per heavy atom. The van der Waals surface area contributed by atoms with Crippen LogP contribution in [0.5, 0.6) is 11.5 Å². The largest absolute Gasteiger partial charge is 0.490 e. The standard InChI is InChI=1S/C26H20Cl3NO4S/c1-2-33-23-12-16(9-10-22(23)34-15-17-5-3-6-18(27)11-17)13-24-25(31)30(26(32)35-24)14-19-20(28)7-4-8-21(19)29/h3-13H,2,14-15H2,1H3/b24-13-. The summed E-state index contributed by atoms with van der Waals surface area (Å²) in [4.78, 5) is 27.0. The number of carbonyl (C=O) groups is 2. The SMILES string of the molecule is CCOc1cc(/C=C2\SC(=O)N(Cc3c(Cl)cccc3Cl)C2=O)ccc1OCc1cccc(Cl)c1. The lowest BCUT2D eigenvalue weighted by molar-refractivity contribution is -0.123. The lowest BCUT2D eigenvalue weighted by Crippen LogP contribution is -2.27. The Hall–Kier alpha value is -2.64. The zero-order chi connectivity index (χ0) is 24.9. The minimum Gasteiger partial charge on any atom is -0.490 e. The zero-order valence-corrected chi connectivity index (χ0v) is 21.7. The summed E-state index contributed by atoms with van der Waals surface area (Å²) in [5, 5.41) is 1.05. The first-order chi connectivity index (χ1) is 16.9. The van der Waals surface area contributed by atoms with E-state index in [9.17, 15) is 9.59 Å². The molecule has 4 rings (SSSR count). The molecule has 180 valence electrons. The first-order valence-corrected chi connectivity index (χ1v) is 12.6. The van der Waals surface area contributed by atoms with Gasteiger partial charge in [-0.15, -0.1) is 0 Å². The van der Waals surface area contributed by atoms with Gasteiger partial charge in [-0.05, 0) is 72.3 Å². The molecular formula is C26H20Cl3NO4S. The second kappa shape index (κ2) is 11.4. The molecule has 0 radical (unpaired) electrons. The van der Waals surface area contributed by atoms with E-state index in [1.165, 1.54) is 0 Å². The maximum absolute atomic E-state index is 13.0. The van der Waals surface area contributed by atoms with Gasteiger partial charge in [0, 0.05) is 20.6 Å². The number of hydrogen-bond donors (Lipinski definition) is 0. The molecule has 0 atom stereocenters. The van der Waals surface area contributed by atoms with Crippen molar-refractivity contribution in [2.24, 2.45) is 0 Å². The molecule has 3 aromatic carbocycles. The number of carbonyl (C=O) groups excluding carboxylic acids is 2. The van der Waals surface area contributed by atoms with Crippen LogP contribution in [0.3, 0.4) is 0 Å². The molecule has 35 heavy (non-hydrogen) atoms. The summed E-state index contributed by atoms with van der Waals surface area (Å²) in [6, 6.07) is 17.8. The summed E-state index contributed by atoms with van der Waals surface area (Å²) in [5.41, 5.74) is 2.15. The normalized spacial score (nSPS) is 14.6. The topological polar surface area (TPSA) is 55.8 Å². The number of thioether (sulfide) groups is 1. The molecule has 1 heterocycles. The van der Waals surface area contributed by atoms with E-state index in [2.05, 4.69) is 0 Å². The summed E-state index contributed by atoms with van der Waals surface area (Å²) in [6.07, 6.45) is 1.66. The number of halogens is 3. The van der Waals surface area contributed by atoms with Gasteiger partial charge in [-0.3, -0.25) is 14.5 Å². The molecule has 3 aromatic rings. The number of imide groups is 1. The van der Waals surface area contributed by atoms with Crippen LogP contribution in [0.2, 0.25) is 15.1 Å². The van der Waals surface area contributed by atoms with Crippen LogP contribution in [0.1, 0.15) is 23.6 Å². The fourth-order valence-corrected chi connectivity index (χ4v) is 4.99. The molecule has 0 bridgehead atoms. The lowest BCUT2D eigenvalue weighted by atomic mass is 10.1. The maximum Gasteiger partial charge on any atom is 0.293 e. The van der Waals surface area contributed by atoms with Crippen molar-refractivity contribution >= 4 is 63.8 Å². The summed E-state index contributed by atoms with van der Waals surface area (Å²) in [6.45, 7) is 2.63. The molecule has 0 saturated carbocycles. The number of amides is 2. The fraction of sp³-hybridized carbons (Fsp3) is 0.154. The van der Waals surface area contributed by atoms with Gasteiger partial charge in [-0.25, -0.2) is 0 Å². The quantitative estimate of drug-likeness (QED) is 0.268. The van der Waals surface area contributed by atoms with Crippen molar-refractivity contribution < 1.29 is 19.1 Å². The molecule has 0 aromatic heterocycles. The number of hydrogen-bond acceptors (Lipinski definition) is 5. The van der Waals surface area contributed by atoms with Gasteiger partial charge in [0.1, 0.15) is 6.61 Å². The van der Waals surface area contributed by atoms with Crippen molar-refractivity contribution in [3.63, 3.8) is 0 Å². The Bertz CT molecular complexity index is 1290. The van der Waals surface area contributed by atoms with Crippen LogP contribution in [0.25, 0.3) is 6.08 Å². The third kappa shape index (κ3) is 6.14. The third-order valence-corrected chi connectivity index (χ3v) is 6.95. The molecular weight excluding hydrogens is 529 g/mol. The van der Waals surface area contributed by atoms with E-state index in [1.54, 1.807) is 48.5 Å². The van der Waals surface area contributed by atoms with Crippen LogP contribution in [0.15, 0.2) is 65.6 Å². The molecule has 1 aliphatic rings. The van der Waals surface area contributed by atoms with Crippen molar-refractivity contribution in [1.82, 2.24) is 4.90 Å². The van der Waals surface area contributed by atoms with Crippen molar-refractivity contribution in [2.75, 3.05) is 6.61 Å². The minimum atomic E-state index is -0.407. The third-order valence-electron chi connectivity index (χ3n) is 5.10. The predicted octanol–water partition coefficient (Wildman–Crippen LogP) is 7.86. The monoisotopic (exact) mass is 547 g/mol. The molecule has 0 aliphatic carbocycles. The van der Waals surface area contributed by atoms with Crippen LogP contribution in [-0.4, -0.2) is 22.7 Å². The molecule has 0 N–H and O–H groups in total. The molecule has 5 nitrogen and oxygen atoms in total. The number of nitrogens with zero attached hydrogens (tertiary/aromatic N) is 1. The van der Waals surface area contributed by atoms with Crippen LogP contribution in [-0.2, 0) is 17.9 Å². The average Bonchev–Trinajstić information content (AvgIpc) is 3.08. The Morgan fingerprint density at radius 1 is 0.914 bits per heavy atom. The van der Waals surface area contributed by atoms with Crippen LogP contribution >= 0.6 is 46.6 Å².